The van der Waals surface area contributed by atoms with E-state index in [2.05, 4.69) is 31.5 Å². The Labute approximate surface area is 360 Å². The highest BCUT2D eigenvalue weighted by Crippen LogP contribution is 2.44. The Kier molecular flexibility index (Phi) is 10.9. The number of anilines is 1. The van der Waals surface area contributed by atoms with Crippen molar-refractivity contribution in [3.05, 3.63) is 86.5 Å². The first kappa shape index (κ1) is 42.3. The summed E-state index contributed by atoms with van der Waals surface area (Å²) in [6, 6.07) is 11.9. The molecule has 1 saturated carbocycles. The summed E-state index contributed by atoms with van der Waals surface area (Å²) in [6.07, 6.45) is 2.40. The summed E-state index contributed by atoms with van der Waals surface area (Å²) in [5.41, 5.74) is 1.21. The lowest BCUT2D eigenvalue weighted by atomic mass is 9.71. The van der Waals surface area contributed by atoms with Gasteiger partial charge in [0.15, 0.2) is 0 Å². The number of thiazole rings is 1. The molecule has 4 aliphatic rings. The molecule has 4 fully saturated rings. The number of nitrogens with zero attached hydrogens (tertiary/aromatic N) is 6. The Balaban J connectivity index is 0.778. The van der Waals surface area contributed by atoms with Crippen LogP contribution in [0.5, 0.6) is 0 Å². The van der Waals surface area contributed by atoms with Crippen LogP contribution >= 0.6 is 11.3 Å². The lowest BCUT2D eigenvalue weighted by Crippen LogP contribution is -2.60. The van der Waals surface area contributed by atoms with Crippen molar-refractivity contribution >= 4 is 56.0 Å². The van der Waals surface area contributed by atoms with Crippen molar-refractivity contribution < 1.29 is 32.7 Å². The van der Waals surface area contributed by atoms with Crippen molar-refractivity contribution in [3.63, 3.8) is 0 Å². The van der Waals surface area contributed by atoms with E-state index in [1.54, 1.807) is 53.5 Å². The number of nitrogens with one attached hydrogen (secondary N) is 2. The number of hydrogen-bond donors (Lipinski definition) is 3. The van der Waals surface area contributed by atoms with Gasteiger partial charge >= 0.3 is 11.9 Å². The van der Waals surface area contributed by atoms with Gasteiger partial charge in [-0.2, -0.15) is 13.2 Å². The highest BCUT2D eigenvalue weighted by Gasteiger charge is 2.45. The zero-order valence-corrected chi connectivity index (χ0v) is 35.9. The quantitative estimate of drug-likeness (QED) is 0.138. The monoisotopic (exact) mass is 872 g/mol. The molecule has 0 radical (unpaired) electrons. The minimum absolute atomic E-state index is 0.208. The highest BCUT2D eigenvalue weighted by molar-refractivity contribution is 7.18. The maximum absolute atomic E-state index is 13.4. The Hall–Kier alpha value is -4.97. The van der Waals surface area contributed by atoms with Crippen LogP contribution in [0.1, 0.15) is 109 Å². The molecule has 3 amide bonds. The molecule has 9 rings (SSSR count). The number of aryl methyl sites for hydroxylation is 1. The molecule has 3 aromatic heterocycles. The van der Waals surface area contributed by atoms with Crippen LogP contribution in [-0.4, -0.2) is 84.5 Å². The van der Waals surface area contributed by atoms with E-state index in [4.69, 9.17) is 4.98 Å². The van der Waals surface area contributed by atoms with E-state index in [9.17, 15) is 37.5 Å². The number of rotatable bonds is 9. The van der Waals surface area contributed by atoms with Crippen LogP contribution < -0.4 is 16.3 Å². The molecule has 6 heterocycles. The predicted octanol–water partition coefficient (Wildman–Crippen LogP) is 6.69. The minimum atomic E-state index is -4.69. The number of fused-ring (bicyclic) bond motifs is 2. The third kappa shape index (κ3) is 8.19. The van der Waals surface area contributed by atoms with Crippen molar-refractivity contribution in [2.45, 2.75) is 95.5 Å². The second kappa shape index (κ2) is 16.0. The van der Waals surface area contributed by atoms with Crippen molar-refractivity contribution in [3.8, 4) is 0 Å². The molecule has 3 saturated heterocycles. The fourth-order valence-corrected chi connectivity index (χ4v) is 11.5. The van der Waals surface area contributed by atoms with E-state index in [1.165, 1.54) is 6.07 Å². The van der Waals surface area contributed by atoms with Crippen molar-refractivity contribution in [1.29, 1.82) is 0 Å². The predicted molar refractivity (Wildman–Crippen MR) is 229 cm³/mol. The number of likely N-dealkylation sites (tertiary alicyclic amines) is 2. The second-order valence-corrected chi connectivity index (χ2v) is 19.5. The lowest BCUT2D eigenvalue weighted by Gasteiger charge is -2.54. The lowest BCUT2D eigenvalue weighted by molar-refractivity contribution is -0.141. The van der Waals surface area contributed by atoms with Crippen LogP contribution in [0.15, 0.2) is 53.3 Å². The first-order chi connectivity index (χ1) is 29.4. The summed E-state index contributed by atoms with van der Waals surface area (Å²) in [4.78, 5) is 64.6. The van der Waals surface area contributed by atoms with Gasteiger partial charge in [0.05, 0.1) is 31.9 Å². The number of hydrogen-bond acceptors (Lipinski definition) is 10. The van der Waals surface area contributed by atoms with Crippen LogP contribution in [0.3, 0.4) is 0 Å². The molecule has 62 heavy (non-hydrogen) atoms. The van der Waals surface area contributed by atoms with Crippen LogP contribution in [0.25, 0.3) is 21.3 Å². The summed E-state index contributed by atoms with van der Waals surface area (Å²) in [7, 11) is 1.75. The van der Waals surface area contributed by atoms with Gasteiger partial charge < -0.3 is 15.3 Å². The minimum Gasteiger partial charge on any atom is -0.386 e. The number of carbonyl (C=O) groups excluding carboxylic acids is 3. The third-order valence-electron chi connectivity index (χ3n) is 13.6. The van der Waals surface area contributed by atoms with Crippen LogP contribution in [-0.2, 0) is 35.0 Å². The van der Waals surface area contributed by atoms with E-state index >= 15 is 0 Å². The number of aromatic nitrogens is 4. The molecule has 13 nitrogen and oxygen atoms in total. The number of carbonyl (C=O) groups is 3. The molecule has 1 atom stereocenters. The molecule has 3 N–H and O–H groups in total. The largest absolute Gasteiger partial charge is 0.433 e. The SMILES string of the molecule is Cn1c(=O)n(C2CCC(=O)NC2=O)c2cccc(CN3CC4(CCN(CC5CCC(c6nc7cc(C(C)(C)O)c(NC(=O)c8cccc(C(F)(F)F)n8)cc7s6)CC5)CC4)C3)c21. The van der Waals surface area contributed by atoms with Gasteiger partial charge in [-0.3, -0.25) is 33.7 Å². The fourth-order valence-electron chi connectivity index (χ4n) is 10.3. The Morgan fingerprint density at radius 3 is 2.39 bits per heavy atom. The van der Waals surface area contributed by atoms with Crippen LogP contribution in [0.4, 0.5) is 18.9 Å². The number of benzene rings is 2. The smallest absolute Gasteiger partial charge is 0.386 e. The fraction of sp³-hybridized carbons (Fsp3) is 0.511. The van der Waals surface area contributed by atoms with Gasteiger partial charge in [0.2, 0.25) is 11.8 Å². The Morgan fingerprint density at radius 1 is 0.968 bits per heavy atom. The van der Waals surface area contributed by atoms with Gasteiger partial charge in [-0.25, -0.2) is 14.8 Å². The number of piperidine rings is 2. The summed E-state index contributed by atoms with van der Waals surface area (Å²) >= 11 is 1.56. The Bertz CT molecular complexity index is 2620. The zero-order chi connectivity index (χ0) is 43.7. The van der Waals surface area contributed by atoms with Crippen LogP contribution in [0, 0.1) is 11.3 Å². The standard InChI is InChI=1S/C45H51F3N8O5S/c1-43(2,61)29-20-32-35(21-31(29)50-39(58)30-7-5-9-36(49-30)45(46,47)48)62-41(51-32)27-12-10-26(11-13-27)22-54-18-16-44(17-19-54)24-55(25-44)23-28-6-4-8-33-38(28)53(3)42(60)56(33)34-14-15-37(57)52-40(34)59/h4-9,20-21,26-27,34,61H,10-19,22-25H2,1-3H3,(H,50,58)(H,52,57,59). The number of aliphatic hydroxyl groups is 1. The zero-order valence-electron chi connectivity index (χ0n) is 35.1. The average Bonchev–Trinajstić information content (AvgIpc) is 3.75. The molecular formula is C45H51F3N8O5S. The van der Waals surface area contributed by atoms with E-state index in [0.717, 1.165) is 116 Å². The molecule has 2 aromatic carbocycles. The van der Waals surface area contributed by atoms with Gasteiger partial charge in [-0.1, -0.05) is 18.2 Å². The summed E-state index contributed by atoms with van der Waals surface area (Å²) in [6.45, 7) is 9.19. The van der Waals surface area contributed by atoms with Gasteiger partial charge in [-0.15, -0.1) is 11.3 Å². The first-order valence-electron chi connectivity index (χ1n) is 21.4. The van der Waals surface area contributed by atoms with E-state index in [1.807, 2.05) is 12.1 Å². The van der Waals surface area contributed by atoms with Crippen LogP contribution in [0.2, 0.25) is 0 Å². The maximum Gasteiger partial charge on any atom is 0.433 e. The van der Waals surface area contributed by atoms with E-state index in [0.29, 0.717) is 40.4 Å². The number of alkyl halides is 3. The molecule has 5 aromatic rings. The van der Waals surface area contributed by atoms with Crippen molar-refractivity contribution in [1.82, 2.24) is 34.2 Å². The molecule has 328 valence electrons. The van der Waals surface area contributed by atoms with E-state index in [-0.39, 0.29) is 23.7 Å². The molecule has 0 bridgehead atoms. The molecule has 1 aliphatic carbocycles. The molecule has 17 heteroatoms. The number of pyridine rings is 1. The van der Waals surface area contributed by atoms with Crippen molar-refractivity contribution in [2.24, 2.45) is 18.4 Å². The number of imide groups is 1. The molecule has 3 aliphatic heterocycles. The summed E-state index contributed by atoms with van der Waals surface area (Å²) in [5.74, 6) is -0.623. The van der Waals surface area contributed by atoms with Gasteiger partial charge in [0.1, 0.15) is 17.4 Å². The van der Waals surface area contributed by atoms with Gasteiger partial charge in [0.25, 0.3) is 5.91 Å². The normalized spacial score (nSPS) is 22.6. The molecule has 1 unspecified atom stereocenters. The molecule has 1 spiro atoms. The first-order valence-corrected chi connectivity index (χ1v) is 22.3. The maximum atomic E-state index is 13.4. The average molecular weight is 873 g/mol. The third-order valence-corrected chi connectivity index (χ3v) is 14.8. The number of para-hydroxylation sites is 1. The summed E-state index contributed by atoms with van der Waals surface area (Å²) < 4.78 is 43.8. The topological polar surface area (TPSA) is 155 Å². The Morgan fingerprint density at radius 2 is 1.69 bits per heavy atom. The summed E-state index contributed by atoms with van der Waals surface area (Å²) in [5, 5.41) is 17.1. The number of amides is 3. The van der Waals surface area contributed by atoms with Gasteiger partial charge in [0, 0.05) is 56.8 Å². The van der Waals surface area contributed by atoms with E-state index < -0.39 is 35.3 Å². The van der Waals surface area contributed by atoms with Gasteiger partial charge in [-0.05, 0) is 119 Å². The number of halogens is 3. The highest BCUT2D eigenvalue weighted by atomic mass is 32.1. The second-order valence-electron chi connectivity index (χ2n) is 18.5. The van der Waals surface area contributed by atoms with Crippen molar-refractivity contribution in [2.75, 3.05) is 38.0 Å². The molecular weight excluding hydrogens is 822 g/mol. The number of imidazole rings is 1.